The van der Waals surface area contributed by atoms with Crippen molar-refractivity contribution in [2.24, 2.45) is 13.0 Å². The van der Waals surface area contributed by atoms with Gasteiger partial charge < -0.3 is 9.88 Å². The molecule has 1 aromatic rings. The van der Waals surface area contributed by atoms with Crippen molar-refractivity contribution < 1.29 is 0 Å². The monoisotopic (exact) mass is 223 g/mol. The number of hydrogen-bond acceptors (Lipinski definition) is 2. The van der Waals surface area contributed by atoms with Crippen LogP contribution < -0.4 is 5.32 Å². The van der Waals surface area contributed by atoms with Gasteiger partial charge >= 0.3 is 0 Å². The van der Waals surface area contributed by atoms with E-state index in [0.29, 0.717) is 12.0 Å². The molecule has 3 nitrogen and oxygen atoms in total. The number of rotatable bonds is 7. The zero-order valence-corrected chi connectivity index (χ0v) is 11.0. The average Bonchev–Trinajstić information content (AvgIpc) is 2.68. The van der Waals surface area contributed by atoms with Gasteiger partial charge in [-0.15, -0.1) is 0 Å². The molecule has 0 spiro atoms. The van der Waals surface area contributed by atoms with Crippen molar-refractivity contribution >= 4 is 0 Å². The molecule has 1 N–H and O–H groups in total. The predicted molar refractivity (Wildman–Crippen MR) is 68.4 cm³/mol. The summed E-state index contributed by atoms with van der Waals surface area (Å²) in [6.45, 7) is 7.82. The number of aryl methyl sites for hydroxylation is 2. The first kappa shape index (κ1) is 13.2. The standard InChI is InChI=1S/C13H25N3/c1-5-12(14-6-2)11(3)7-8-13-15-9-10-16(13)4/h9-12,14H,5-8H2,1-4H3. The van der Waals surface area contributed by atoms with Crippen LogP contribution in [-0.4, -0.2) is 22.1 Å². The maximum atomic E-state index is 4.36. The van der Waals surface area contributed by atoms with Crippen molar-refractivity contribution in [2.75, 3.05) is 6.54 Å². The Bertz CT molecular complexity index is 293. The Morgan fingerprint density at radius 1 is 1.44 bits per heavy atom. The first-order valence-corrected chi connectivity index (χ1v) is 6.38. The second-order valence-corrected chi connectivity index (χ2v) is 4.54. The molecule has 0 saturated carbocycles. The van der Waals surface area contributed by atoms with Crippen molar-refractivity contribution in [3.63, 3.8) is 0 Å². The van der Waals surface area contributed by atoms with Crippen LogP contribution in [0.3, 0.4) is 0 Å². The van der Waals surface area contributed by atoms with Gasteiger partial charge in [-0.05, 0) is 25.3 Å². The highest BCUT2D eigenvalue weighted by atomic mass is 15.0. The fraction of sp³-hybridized carbons (Fsp3) is 0.769. The number of hydrogen-bond donors (Lipinski definition) is 1. The molecule has 0 aliphatic carbocycles. The molecule has 1 aromatic heterocycles. The van der Waals surface area contributed by atoms with Crippen LogP contribution in [0.25, 0.3) is 0 Å². The Kier molecular flexibility index (Phi) is 5.53. The van der Waals surface area contributed by atoms with E-state index in [1.807, 2.05) is 12.4 Å². The molecule has 2 atom stereocenters. The van der Waals surface area contributed by atoms with Crippen molar-refractivity contribution in [3.8, 4) is 0 Å². The molecule has 0 aromatic carbocycles. The lowest BCUT2D eigenvalue weighted by atomic mass is 9.94. The molecule has 0 radical (unpaired) electrons. The minimum atomic E-state index is 0.644. The summed E-state index contributed by atoms with van der Waals surface area (Å²) in [6, 6.07) is 0.644. The molecule has 0 aliphatic rings. The van der Waals surface area contributed by atoms with Crippen LogP contribution in [0.5, 0.6) is 0 Å². The summed E-state index contributed by atoms with van der Waals surface area (Å²) in [5.74, 6) is 1.90. The second kappa shape index (κ2) is 6.69. The minimum absolute atomic E-state index is 0.644. The van der Waals surface area contributed by atoms with Crippen LogP contribution in [0.4, 0.5) is 0 Å². The average molecular weight is 223 g/mol. The highest BCUT2D eigenvalue weighted by Crippen LogP contribution is 2.14. The molecule has 0 saturated heterocycles. The van der Waals surface area contributed by atoms with Gasteiger partial charge in [-0.3, -0.25) is 0 Å². The molecule has 3 heteroatoms. The largest absolute Gasteiger partial charge is 0.338 e. The lowest BCUT2D eigenvalue weighted by Gasteiger charge is -2.23. The van der Waals surface area contributed by atoms with E-state index in [1.54, 1.807) is 0 Å². The van der Waals surface area contributed by atoms with E-state index < -0.39 is 0 Å². The molecule has 2 unspecified atom stereocenters. The molecule has 0 bridgehead atoms. The second-order valence-electron chi connectivity index (χ2n) is 4.54. The fourth-order valence-electron chi connectivity index (χ4n) is 2.21. The van der Waals surface area contributed by atoms with Gasteiger partial charge in [0.25, 0.3) is 0 Å². The Hall–Kier alpha value is -0.830. The normalized spacial score (nSPS) is 15.0. The van der Waals surface area contributed by atoms with Gasteiger partial charge in [0.05, 0.1) is 0 Å². The van der Waals surface area contributed by atoms with Gasteiger partial charge in [-0.1, -0.05) is 20.8 Å². The van der Waals surface area contributed by atoms with Crippen molar-refractivity contribution in [2.45, 2.75) is 46.1 Å². The van der Waals surface area contributed by atoms with E-state index in [-0.39, 0.29) is 0 Å². The Labute approximate surface area is 99.3 Å². The van der Waals surface area contributed by atoms with Crippen molar-refractivity contribution in [1.29, 1.82) is 0 Å². The number of nitrogens with one attached hydrogen (secondary N) is 1. The summed E-state index contributed by atoms with van der Waals surface area (Å²) in [6.07, 6.45) is 7.38. The zero-order valence-electron chi connectivity index (χ0n) is 11.0. The van der Waals surface area contributed by atoms with Gasteiger partial charge in [0.2, 0.25) is 0 Å². The molecule has 0 aliphatic heterocycles. The van der Waals surface area contributed by atoms with Gasteiger partial charge in [-0.2, -0.15) is 0 Å². The predicted octanol–water partition coefficient (Wildman–Crippen LogP) is 2.38. The fourth-order valence-corrected chi connectivity index (χ4v) is 2.21. The van der Waals surface area contributed by atoms with Gasteiger partial charge in [0, 0.05) is 31.9 Å². The SMILES string of the molecule is CCNC(CC)C(C)CCc1nccn1C. The van der Waals surface area contributed by atoms with Crippen LogP contribution in [0.1, 0.15) is 39.4 Å². The first-order chi connectivity index (χ1) is 7.69. The lowest BCUT2D eigenvalue weighted by molar-refractivity contribution is 0.351. The Balaban J connectivity index is 2.39. The summed E-state index contributed by atoms with van der Waals surface area (Å²) >= 11 is 0. The van der Waals surface area contributed by atoms with E-state index in [4.69, 9.17) is 0 Å². The summed E-state index contributed by atoms with van der Waals surface area (Å²) < 4.78 is 2.11. The summed E-state index contributed by atoms with van der Waals surface area (Å²) in [5, 5.41) is 3.55. The quantitative estimate of drug-likeness (QED) is 0.769. The smallest absolute Gasteiger partial charge is 0.108 e. The van der Waals surface area contributed by atoms with Crippen molar-refractivity contribution in [3.05, 3.63) is 18.2 Å². The molecule has 92 valence electrons. The maximum Gasteiger partial charge on any atom is 0.108 e. The van der Waals surface area contributed by atoms with Gasteiger partial charge in [0.1, 0.15) is 5.82 Å². The topological polar surface area (TPSA) is 29.9 Å². The van der Waals surface area contributed by atoms with E-state index in [9.17, 15) is 0 Å². The third-order valence-electron chi connectivity index (χ3n) is 3.34. The minimum Gasteiger partial charge on any atom is -0.338 e. The van der Waals surface area contributed by atoms with E-state index in [0.717, 1.165) is 13.0 Å². The molecular weight excluding hydrogens is 198 g/mol. The Morgan fingerprint density at radius 2 is 2.19 bits per heavy atom. The molecule has 0 fully saturated rings. The van der Waals surface area contributed by atoms with Gasteiger partial charge in [-0.25, -0.2) is 4.98 Å². The summed E-state index contributed by atoms with van der Waals surface area (Å²) in [4.78, 5) is 4.36. The summed E-state index contributed by atoms with van der Waals surface area (Å²) in [7, 11) is 2.06. The zero-order chi connectivity index (χ0) is 12.0. The van der Waals surface area contributed by atoms with E-state index in [1.165, 1.54) is 18.7 Å². The summed E-state index contributed by atoms with van der Waals surface area (Å²) in [5.41, 5.74) is 0. The third kappa shape index (κ3) is 3.63. The van der Waals surface area contributed by atoms with Crippen LogP contribution >= 0.6 is 0 Å². The highest BCUT2D eigenvalue weighted by molar-refractivity contribution is 4.91. The Morgan fingerprint density at radius 3 is 2.69 bits per heavy atom. The number of imidazole rings is 1. The van der Waals surface area contributed by atoms with Crippen LogP contribution in [-0.2, 0) is 13.5 Å². The number of nitrogens with zero attached hydrogens (tertiary/aromatic N) is 2. The highest BCUT2D eigenvalue weighted by Gasteiger charge is 2.14. The van der Waals surface area contributed by atoms with E-state index in [2.05, 4.69) is 42.7 Å². The molecule has 16 heavy (non-hydrogen) atoms. The molecule has 1 heterocycles. The van der Waals surface area contributed by atoms with E-state index >= 15 is 0 Å². The lowest BCUT2D eigenvalue weighted by Crippen LogP contribution is -2.34. The van der Waals surface area contributed by atoms with Crippen molar-refractivity contribution in [1.82, 2.24) is 14.9 Å². The van der Waals surface area contributed by atoms with Crippen LogP contribution in [0, 0.1) is 5.92 Å². The molecule has 1 rings (SSSR count). The molecular formula is C13H25N3. The number of aromatic nitrogens is 2. The first-order valence-electron chi connectivity index (χ1n) is 6.38. The third-order valence-corrected chi connectivity index (χ3v) is 3.34. The maximum absolute atomic E-state index is 4.36. The van der Waals surface area contributed by atoms with Crippen LogP contribution in [0.15, 0.2) is 12.4 Å². The van der Waals surface area contributed by atoms with Gasteiger partial charge in [0.15, 0.2) is 0 Å². The van der Waals surface area contributed by atoms with Crippen LogP contribution in [0.2, 0.25) is 0 Å². The molecule has 0 amide bonds.